The average Bonchev–Trinajstić information content (AvgIpc) is 3.31. The van der Waals surface area contributed by atoms with E-state index in [1.54, 1.807) is 6.20 Å². The van der Waals surface area contributed by atoms with Gasteiger partial charge in [0.2, 0.25) is 0 Å². The van der Waals surface area contributed by atoms with Gasteiger partial charge in [-0.1, -0.05) is 53.7 Å². The van der Waals surface area contributed by atoms with Crippen molar-refractivity contribution in [2.75, 3.05) is 13.2 Å². The Morgan fingerprint density at radius 2 is 1.43 bits per heavy atom. The van der Waals surface area contributed by atoms with Crippen molar-refractivity contribution in [3.63, 3.8) is 0 Å². The first kappa shape index (κ1) is 37.5. The predicted octanol–water partition coefficient (Wildman–Crippen LogP) is 7.32. The van der Waals surface area contributed by atoms with Crippen molar-refractivity contribution < 1.29 is 33.0 Å². The van der Waals surface area contributed by atoms with E-state index in [0.29, 0.717) is 18.8 Å². The summed E-state index contributed by atoms with van der Waals surface area (Å²) < 4.78 is 25.8. The molecule has 1 aromatic carbocycles. The first-order chi connectivity index (χ1) is 19.9. The number of nitrogens with one attached hydrogen (secondary N) is 1. The van der Waals surface area contributed by atoms with Crippen LogP contribution in [0.15, 0.2) is 36.7 Å². The molecule has 0 saturated heterocycles. The van der Waals surface area contributed by atoms with Crippen molar-refractivity contribution in [2.45, 2.75) is 123 Å². The SMILES string of the molecule is CC(C)(C)OC(=O)NCC(Cn1cc(-c2ccc(OCC(O[Si](C)(C)C(C)(C)C)C(=O)O)cc2)cn1)O[Si](C)(C)C(C)(C)C. The van der Waals surface area contributed by atoms with Crippen LogP contribution in [-0.2, 0) is 24.9 Å². The van der Waals surface area contributed by atoms with Crippen LogP contribution >= 0.6 is 0 Å². The molecular weight excluding hydrogens is 595 g/mol. The van der Waals surface area contributed by atoms with Gasteiger partial charge in [-0.3, -0.25) is 4.68 Å². The number of carbonyl (C=O) groups excluding carboxylic acids is 1. The number of rotatable bonds is 13. The third-order valence-corrected chi connectivity index (χ3v) is 17.3. The van der Waals surface area contributed by atoms with Crippen LogP contribution in [0.2, 0.25) is 36.3 Å². The number of hydrogen-bond donors (Lipinski definition) is 2. The molecule has 2 rings (SSSR count). The number of carbonyl (C=O) groups is 2. The van der Waals surface area contributed by atoms with Crippen molar-refractivity contribution in [3.05, 3.63) is 36.7 Å². The second-order valence-corrected chi connectivity index (χ2v) is 24.9. The van der Waals surface area contributed by atoms with E-state index in [1.165, 1.54) is 0 Å². The molecule has 44 heavy (non-hydrogen) atoms. The van der Waals surface area contributed by atoms with Gasteiger partial charge in [0.1, 0.15) is 18.0 Å². The van der Waals surface area contributed by atoms with Gasteiger partial charge in [0.25, 0.3) is 0 Å². The molecule has 0 aliphatic rings. The number of carboxylic acid groups (broad SMARTS) is 1. The molecule has 2 atom stereocenters. The highest BCUT2D eigenvalue weighted by Crippen LogP contribution is 2.38. The molecule has 2 unspecified atom stereocenters. The lowest BCUT2D eigenvalue weighted by Gasteiger charge is -2.39. The number of nitrogens with zero attached hydrogens (tertiary/aromatic N) is 2. The van der Waals surface area contributed by atoms with Gasteiger partial charge < -0.3 is 28.7 Å². The maximum atomic E-state index is 12.4. The second kappa shape index (κ2) is 14.2. The molecule has 1 amide bonds. The van der Waals surface area contributed by atoms with Gasteiger partial charge in [0, 0.05) is 18.3 Å². The third-order valence-electron chi connectivity index (χ3n) is 8.27. The summed E-state index contributed by atoms with van der Waals surface area (Å²) in [6, 6.07) is 7.45. The van der Waals surface area contributed by atoms with Gasteiger partial charge in [-0.05, 0) is 74.7 Å². The standard InChI is InChI=1S/C32H55N3O7Si2/c1-30(2,3)40-29(38)33-19-26(41-43(10,11)31(4,5)6)21-35-20-24(18-34-35)23-14-16-25(17-15-23)39-22-27(28(36)37)42-44(12,13)32(7,8)9/h14-18,20,26-27H,19,21-22H2,1-13H3,(H,33,38)(H,36,37). The molecule has 0 saturated carbocycles. The molecule has 2 aromatic rings. The Morgan fingerprint density at radius 1 is 0.886 bits per heavy atom. The van der Waals surface area contributed by atoms with Crippen LogP contribution in [0.4, 0.5) is 4.79 Å². The zero-order chi connectivity index (χ0) is 33.7. The molecule has 0 radical (unpaired) electrons. The van der Waals surface area contributed by atoms with Crippen LogP contribution in [0.1, 0.15) is 62.3 Å². The number of aliphatic carboxylic acids is 1. The summed E-state index contributed by atoms with van der Waals surface area (Å²) in [5.74, 6) is -0.474. The minimum absolute atomic E-state index is 0.00238. The molecule has 0 spiro atoms. The lowest BCUT2D eigenvalue weighted by molar-refractivity contribution is -0.147. The van der Waals surface area contributed by atoms with E-state index in [4.69, 9.17) is 18.3 Å². The van der Waals surface area contributed by atoms with E-state index in [1.807, 2.05) is 69.0 Å². The summed E-state index contributed by atoms with van der Waals surface area (Å²) in [6.07, 6.45) is 1.90. The monoisotopic (exact) mass is 649 g/mol. The molecule has 2 N–H and O–H groups in total. The first-order valence-corrected chi connectivity index (χ1v) is 21.0. The number of ether oxygens (including phenoxy) is 2. The number of hydrogen-bond acceptors (Lipinski definition) is 7. The fourth-order valence-electron chi connectivity index (χ4n) is 3.67. The average molecular weight is 650 g/mol. The van der Waals surface area contributed by atoms with Gasteiger partial charge in [-0.2, -0.15) is 5.10 Å². The number of carboxylic acids is 1. The largest absolute Gasteiger partial charge is 0.490 e. The fraction of sp³-hybridized carbons (Fsp3) is 0.656. The van der Waals surface area contributed by atoms with Crippen LogP contribution in [0.25, 0.3) is 11.1 Å². The lowest BCUT2D eigenvalue weighted by Crippen LogP contribution is -2.48. The number of aromatic nitrogens is 2. The highest BCUT2D eigenvalue weighted by Gasteiger charge is 2.41. The Balaban J connectivity index is 2.11. The number of benzene rings is 1. The molecular formula is C32H55N3O7Si2. The topological polar surface area (TPSA) is 121 Å². The predicted molar refractivity (Wildman–Crippen MR) is 179 cm³/mol. The zero-order valence-electron chi connectivity index (χ0n) is 29.0. The molecule has 0 fully saturated rings. The molecule has 1 aromatic heterocycles. The normalized spacial score (nSPS) is 14.6. The quantitative estimate of drug-likeness (QED) is 0.217. The van der Waals surface area contributed by atoms with Crippen LogP contribution in [0, 0.1) is 0 Å². The van der Waals surface area contributed by atoms with E-state index >= 15 is 0 Å². The third kappa shape index (κ3) is 11.4. The molecule has 0 bridgehead atoms. The van der Waals surface area contributed by atoms with Crippen LogP contribution < -0.4 is 10.1 Å². The van der Waals surface area contributed by atoms with E-state index < -0.39 is 40.4 Å². The summed E-state index contributed by atoms with van der Waals surface area (Å²) in [4.78, 5) is 24.2. The minimum atomic E-state index is -2.28. The van der Waals surface area contributed by atoms with E-state index in [-0.39, 0.29) is 22.8 Å². The lowest BCUT2D eigenvalue weighted by atomic mass is 10.1. The Hall–Kier alpha value is -2.68. The summed E-state index contributed by atoms with van der Waals surface area (Å²) in [7, 11) is -4.42. The smallest absolute Gasteiger partial charge is 0.407 e. The Labute approximate surface area is 266 Å². The maximum Gasteiger partial charge on any atom is 0.407 e. The first-order valence-electron chi connectivity index (χ1n) is 15.2. The van der Waals surface area contributed by atoms with Crippen LogP contribution in [-0.4, -0.2) is 74.5 Å². The van der Waals surface area contributed by atoms with Crippen molar-refractivity contribution in [3.8, 4) is 16.9 Å². The summed E-state index contributed by atoms with van der Waals surface area (Å²) in [5.41, 5.74) is 1.26. The van der Waals surface area contributed by atoms with Crippen molar-refractivity contribution in [1.82, 2.24) is 15.1 Å². The van der Waals surface area contributed by atoms with Crippen molar-refractivity contribution in [1.29, 1.82) is 0 Å². The molecule has 1 heterocycles. The molecule has 12 heteroatoms. The van der Waals surface area contributed by atoms with E-state index in [0.717, 1.165) is 11.1 Å². The van der Waals surface area contributed by atoms with Crippen LogP contribution in [0.3, 0.4) is 0 Å². The Morgan fingerprint density at radius 3 is 1.93 bits per heavy atom. The highest BCUT2D eigenvalue weighted by molar-refractivity contribution is 6.74. The van der Waals surface area contributed by atoms with Gasteiger partial charge in [0.15, 0.2) is 22.7 Å². The molecule has 0 aliphatic heterocycles. The van der Waals surface area contributed by atoms with E-state index in [9.17, 15) is 14.7 Å². The van der Waals surface area contributed by atoms with Gasteiger partial charge in [-0.25, -0.2) is 9.59 Å². The Kier molecular flexibility index (Phi) is 12.1. The van der Waals surface area contributed by atoms with Crippen molar-refractivity contribution >= 4 is 28.7 Å². The van der Waals surface area contributed by atoms with E-state index in [2.05, 4.69) is 65.1 Å². The number of amides is 1. The molecule has 10 nitrogen and oxygen atoms in total. The van der Waals surface area contributed by atoms with Crippen molar-refractivity contribution in [2.24, 2.45) is 0 Å². The van der Waals surface area contributed by atoms with Gasteiger partial charge in [0.05, 0.1) is 18.8 Å². The minimum Gasteiger partial charge on any atom is -0.490 e. The summed E-state index contributed by atoms with van der Waals surface area (Å²) >= 11 is 0. The highest BCUT2D eigenvalue weighted by atomic mass is 28.4. The molecule has 0 aliphatic carbocycles. The summed E-state index contributed by atoms with van der Waals surface area (Å²) in [5, 5.41) is 17.0. The van der Waals surface area contributed by atoms with Gasteiger partial charge >= 0.3 is 12.1 Å². The zero-order valence-corrected chi connectivity index (χ0v) is 31.0. The van der Waals surface area contributed by atoms with Gasteiger partial charge in [-0.15, -0.1) is 0 Å². The van der Waals surface area contributed by atoms with Crippen LogP contribution in [0.5, 0.6) is 5.75 Å². The number of alkyl carbamates (subject to hydrolysis) is 1. The fourth-order valence-corrected chi connectivity index (χ4v) is 6.25. The summed E-state index contributed by atoms with van der Waals surface area (Å²) in [6.45, 7) is 27.3. The molecule has 248 valence electrons. The second-order valence-electron chi connectivity index (χ2n) is 15.4. The Bertz CT molecular complexity index is 1240. The maximum absolute atomic E-state index is 12.4.